The van der Waals surface area contributed by atoms with Crippen LogP contribution < -0.4 is 21.9 Å². The summed E-state index contributed by atoms with van der Waals surface area (Å²) in [4.78, 5) is 57.6. The Bertz CT molecular complexity index is 1420. The van der Waals surface area contributed by atoms with Gasteiger partial charge in [-0.25, -0.2) is 14.2 Å². The van der Waals surface area contributed by atoms with Gasteiger partial charge in [-0.2, -0.15) is 0 Å². The predicted octanol–water partition coefficient (Wildman–Crippen LogP) is 1.92. The maximum Gasteiger partial charge on any atom is 0.328 e. The van der Waals surface area contributed by atoms with Crippen molar-refractivity contribution in [1.29, 1.82) is 0 Å². The first-order valence-corrected chi connectivity index (χ1v) is 11.3. The highest BCUT2D eigenvalue weighted by atomic mass is 32.2. The molecule has 12 heteroatoms. The summed E-state index contributed by atoms with van der Waals surface area (Å²) in [5, 5.41) is 14.8. The number of rotatable bonds is 6. The van der Waals surface area contributed by atoms with Crippen LogP contribution >= 0.6 is 11.8 Å². The summed E-state index contributed by atoms with van der Waals surface area (Å²) >= 11 is 0.998. The Morgan fingerprint density at radius 3 is 2.46 bits per heavy atom. The van der Waals surface area contributed by atoms with E-state index in [9.17, 15) is 28.7 Å². The molecule has 180 valence electrons. The molecule has 1 saturated heterocycles. The Balaban J connectivity index is 1.58. The first-order valence-electron chi connectivity index (χ1n) is 10.4. The zero-order valence-corrected chi connectivity index (χ0v) is 19.1. The number of thioether (sulfide) groups is 1. The third-order valence-electron chi connectivity index (χ3n) is 5.15. The molecule has 1 aliphatic heterocycles. The Labute approximate surface area is 201 Å². The van der Waals surface area contributed by atoms with Gasteiger partial charge in [-0.1, -0.05) is 41.6 Å². The van der Waals surface area contributed by atoms with E-state index in [4.69, 9.17) is 0 Å². The predicted molar refractivity (Wildman–Crippen MR) is 129 cm³/mol. The molecule has 4 rings (SSSR count). The number of amides is 2. The van der Waals surface area contributed by atoms with Gasteiger partial charge < -0.3 is 15.7 Å². The van der Waals surface area contributed by atoms with E-state index in [-0.39, 0.29) is 17.2 Å². The number of aromatic nitrogens is 2. The Morgan fingerprint density at radius 1 is 1.11 bits per heavy atom. The van der Waals surface area contributed by atoms with Crippen molar-refractivity contribution in [2.45, 2.75) is 24.6 Å². The van der Waals surface area contributed by atoms with Gasteiger partial charge in [-0.3, -0.25) is 24.4 Å². The molecule has 2 aromatic carbocycles. The van der Waals surface area contributed by atoms with Gasteiger partial charge in [0.25, 0.3) is 5.56 Å². The van der Waals surface area contributed by atoms with E-state index in [1.54, 1.807) is 24.3 Å². The molecule has 2 heterocycles. The van der Waals surface area contributed by atoms with Crippen LogP contribution in [0.25, 0.3) is 0 Å². The van der Waals surface area contributed by atoms with Crippen LogP contribution in [0, 0.1) is 12.7 Å². The molecule has 0 saturated carbocycles. The molecule has 1 fully saturated rings. The van der Waals surface area contributed by atoms with Crippen LogP contribution in [0.5, 0.6) is 5.88 Å². The van der Waals surface area contributed by atoms with Gasteiger partial charge in [-0.15, -0.1) is 0 Å². The average Bonchev–Trinajstić information content (AvgIpc) is 3.13. The molecule has 2 atom stereocenters. The van der Waals surface area contributed by atoms with E-state index in [1.807, 2.05) is 6.92 Å². The van der Waals surface area contributed by atoms with E-state index >= 15 is 0 Å². The minimum atomic E-state index is -1.05. The second kappa shape index (κ2) is 9.97. The van der Waals surface area contributed by atoms with Crippen LogP contribution in [0.1, 0.15) is 29.2 Å². The number of hydrogen-bond donors (Lipinski definition) is 5. The summed E-state index contributed by atoms with van der Waals surface area (Å²) in [6.07, 6.45) is -0.174. The van der Waals surface area contributed by atoms with E-state index in [0.29, 0.717) is 11.3 Å². The first kappa shape index (κ1) is 24.0. The summed E-state index contributed by atoms with van der Waals surface area (Å²) in [7, 11) is 0. The molecule has 0 spiro atoms. The largest absolute Gasteiger partial charge is 0.494 e. The molecule has 0 aliphatic carbocycles. The van der Waals surface area contributed by atoms with Crippen LogP contribution in [-0.2, 0) is 9.59 Å². The number of nitrogens with zero attached hydrogens (tertiary/aromatic N) is 1. The number of nitrogens with one attached hydrogen (secondary N) is 4. The highest BCUT2D eigenvalue weighted by molar-refractivity contribution is 8.15. The number of carbonyl (C=O) groups excluding carboxylic acids is 2. The highest BCUT2D eigenvalue weighted by Crippen LogP contribution is 2.32. The van der Waals surface area contributed by atoms with E-state index < -0.39 is 46.1 Å². The molecule has 5 N–H and O–H groups in total. The van der Waals surface area contributed by atoms with Gasteiger partial charge in [0.2, 0.25) is 17.7 Å². The summed E-state index contributed by atoms with van der Waals surface area (Å²) in [6, 6.07) is 11.2. The quantitative estimate of drug-likeness (QED) is 0.350. The van der Waals surface area contributed by atoms with Crippen LogP contribution in [0.2, 0.25) is 0 Å². The van der Waals surface area contributed by atoms with Crippen molar-refractivity contribution in [1.82, 2.24) is 15.3 Å². The Kier molecular flexibility index (Phi) is 6.82. The second-order valence-corrected chi connectivity index (χ2v) is 8.96. The van der Waals surface area contributed by atoms with Gasteiger partial charge in [0.05, 0.1) is 0 Å². The third kappa shape index (κ3) is 5.66. The van der Waals surface area contributed by atoms with Gasteiger partial charge in [-0.05, 0) is 36.8 Å². The van der Waals surface area contributed by atoms with E-state index in [1.165, 1.54) is 24.3 Å². The fourth-order valence-corrected chi connectivity index (χ4v) is 4.42. The molecule has 35 heavy (non-hydrogen) atoms. The van der Waals surface area contributed by atoms with Crippen LogP contribution in [-0.4, -0.2) is 37.3 Å². The van der Waals surface area contributed by atoms with Crippen molar-refractivity contribution in [2.75, 3.05) is 5.32 Å². The number of hydrogen-bond acceptors (Lipinski definition) is 7. The molecular formula is C23H20FN5O5S. The lowest BCUT2D eigenvalue weighted by Crippen LogP contribution is -2.29. The Morgan fingerprint density at radius 2 is 1.80 bits per heavy atom. The maximum atomic E-state index is 13.0. The number of anilines is 1. The van der Waals surface area contributed by atoms with Crippen molar-refractivity contribution in [3.05, 3.63) is 91.9 Å². The number of aromatic amines is 2. The summed E-state index contributed by atoms with van der Waals surface area (Å²) in [5.74, 6) is -1.98. The number of benzene rings is 2. The monoisotopic (exact) mass is 497 g/mol. The number of H-pyrrole nitrogens is 2. The van der Waals surface area contributed by atoms with Gasteiger partial charge in [0.1, 0.15) is 22.7 Å². The van der Waals surface area contributed by atoms with E-state index in [2.05, 4.69) is 25.6 Å². The van der Waals surface area contributed by atoms with Crippen molar-refractivity contribution in [3.8, 4) is 5.88 Å². The minimum Gasteiger partial charge on any atom is -0.494 e. The van der Waals surface area contributed by atoms with Crippen LogP contribution in [0.3, 0.4) is 0 Å². The molecule has 3 aromatic rings. The molecule has 1 aliphatic rings. The lowest BCUT2D eigenvalue weighted by Gasteiger charge is -2.14. The average molecular weight is 498 g/mol. The van der Waals surface area contributed by atoms with E-state index in [0.717, 1.165) is 17.3 Å². The molecule has 0 radical (unpaired) electrons. The topological polar surface area (TPSA) is 157 Å². The maximum absolute atomic E-state index is 13.0. The van der Waals surface area contributed by atoms with Crippen molar-refractivity contribution in [3.63, 3.8) is 0 Å². The molecule has 2 unspecified atom stereocenters. The summed E-state index contributed by atoms with van der Waals surface area (Å²) in [6.45, 7) is 1.88. The van der Waals surface area contributed by atoms with Crippen molar-refractivity contribution in [2.24, 2.45) is 4.99 Å². The lowest BCUT2D eigenvalue weighted by atomic mass is 10.00. The third-order valence-corrected chi connectivity index (χ3v) is 6.24. The van der Waals surface area contributed by atoms with Crippen molar-refractivity contribution >= 4 is 34.4 Å². The molecule has 1 aromatic heterocycles. The SMILES string of the molecule is Cc1ccc(C(N=C2NC(=O)C(CC(=O)Nc3ccc(F)cc3)S2)c2c(O)[nH]c(=O)[nH]c2=O)cc1. The molecule has 10 nitrogen and oxygen atoms in total. The number of amidine groups is 1. The molecule has 2 amide bonds. The number of aryl methyl sites for hydroxylation is 1. The fourth-order valence-electron chi connectivity index (χ4n) is 3.42. The second-order valence-electron chi connectivity index (χ2n) is 7.77. The van der Waals surface area contributed by atoms with Crippen LogP contribution in [0.15, 0.2) is 63.1 Å². The van der Waals surface area contributed by atoms with Gasteiger partial charge in [0.15, 0.2) is 5.17 Å². The summed E-state index contributed by atoms with van der Waals surface area (Å²) in [5.41, 5.74) is -0.0268. The van der Waals surface area contributed by atoms with Crippen LogP contribution in [0.4, 0.5) is 10.1 Å². The number of aliphatic imine (C=N–C) groups is 1. The zero-order valence-electron chi connectivity index (χ0n) is 18.3. The normalized spacial score (nSPS) is 17.3. The molecule has 0 bridgehead atoms. The lowest BCUT2D eigenvalue weighted by molar-refractivity contribution is -0.122. The standard InChI is InChI=1S/C23H20FN5O5S/c1-11-2-4-12(5-3-11)18(17-20(32)27-22(34)28-21(17)33)26-23-29-19(31)15(35-23)10-16(30)25-14-8-6-13(24)7-9-14/h2-9,15,18H,10H2,1H3,(H,25,30)(H,26,29,31)(H3,27,28,32,33,34). The first-order chi connectivity index (χ1) is 16.7. The zero-order chi connectivity index (χ0) is 25.1. The smallest absolute Gasteiger partial charge is 0.328 e. The number of aromatic hydroxyl groups is 1. The van der Waals surface area contributed by atoms with Gasteiger partial charge in [0, 0.05) is 12.1 Å². The van der Waals surface area contributed by atoms with Gasteiger partial charge >= 0.3 is 5.69 Å². The summed E-state index contributed by atoms with van der Waals surface area (Å²) < 4.78 is 13.0. The molecular weight excluding hydrogens is 477 g/mol. The highest BCUT2D eigenvalue weighted by Gasteiger charge is 2.33. The minimum absolute atomic E-state index is 0.144. The van der Waals surface area contributed by atoms with Crippen molar-refractivity contribution < 1.29 is 19.1 Å². The number of carbonyl (C=O) groups is 2. The number of halogens is 1. The Hall–Kier alpha value is -4.19. The fraction of sp³-hybridized carbons (Fsp3) is 0.174.